The summed E-state index contributed by atoms with van der Waals surface area (Å²) < 4.78 is 26.7. The summed E-state index contributed by atoms with van der Waals surface area (Å²) >= 11 is 0. The minimum absolute atomic E-state index is 0.00199. The normalized spacial score (nSPS) is 16.7. The van der Waals surface area contributed by atoms with Crippen LogP contribution in [-0.2, 0) is 19.6 Å². The molecule has 1 aromatic rings. The molecule has 0 unspecified atom stereocenters. The first-order chi connectivity index (χ1) is 11.2. The highest BCUT2D eigenvalue weighted by Gasteiger charge is 2.37. The number of hydrogen-bond acceptors (Lipinski definition) is 4. The third kappa shape index (κ3) is 4.80. The van der Waals surface area contributed by atoms with Gasteiger partial charge in [-0.3, -0.25) is 9.59 Å². The van der Waals surface area contributed by atoms with Crippen molar-refractivity contribution in [1.29, 1.82) is 0 Å². The molecule has 1 amide bonds. The zero-order valence-electron chi connectivity index (χ0n) is 13.7. The zero-order chi connectivity index (χ0) is 17.8. The fourth-order valence-corrected chi connectivity index (χ4v) is 4.30. The highest BCUT2D eigenvalue weighted by Crippen LogP contribution is 2.44. The Morgan fingerprint density at radius 2 is 1.75 bits per heavy atom. The molecule has 1 fully saturated rings. The van der Waals surface area contributed by atoms with E-state index in [0.29, 0.717) is 6.42 Å². The van der Waals surface area contributed by atoms with E-state index in [4.69, 9.17) is 5.11 Å². The second-order valence-electron chi connectivity index (χ2n) is 6.62. The first-order valence-electron chi connectivity index (χ1n) is 8.07. The Balaban J connectivity index is 2.05. The van der Waals surface area contributed by atoms with E-state index in [0.717, 1.165) is 31.2 Å². The fourth-order valence-electron chi connectivity index (χ4n) is 3.32. The molecule has 0 saturated heterocycles. The van der Waals surface area contributed by atoms with Crippen LogP contribution >= 0.6 is 0 Å². The number of aryl methyl sites for hydroxylation is 1. The van der Waals surface area contributed by atoms with E-state index in [1.165, 1.54) is 12.1 Å². The Kier molecular flexibility index (Phi) is 5.64. The van der Waals surface area contributed by atoms with Crippen LogP contribution in [0, 0.1) is 12.3 Å². The van der Waals surface area contributed by atoms with Crippen LogP contribution in [0.2, 0.25) is 0 Å². The van der Waals surface area contributed by atoms with Gasteiger partial charge in [0, 0.05) is 12.8 Å². The van der Waals surface area contributed by atoms with Crippen molar-refractivity contribution < 1.29 is 23.1 Å². The molecule has 2 rings (SSSR count). The maximum atomic E-state index is 12.3. The largest absolute Gasteiger partial charge is 0.481 e. The van der Waals surface area contributed by atoms with E-state index in [1.807, 2.05) is 6.92 Å². The van der Waals surface area contributed by atoms with Gasteiger partial charge in [0.15, 0.2) is 0 Å². The van der Waals surface area contributed by atoms with Gasteiger partial charge >= 0.3 is 5.97 Å². The number of carboxylic acids is 1. The number of carbonyl (C=O) groups excluding carboxylic acids is 1. The molecule has 0 aliphatic heterocycles. The lowest BCUT2D eigenvalue weighted by Gasteiger charge is -2.27. The maximum absolute atomic E-state index is 12.3. The van der Waals surface area contributed by atoms with Gasteiger partial charge in [-0.2, -0.15) is 0 Å². The molecule has 0 atom stereocenters. The van der Waals surface area contributed by atoms with Crippen molar-refractivity contribution in [3.05, 3.63) is 29.8 Å². The summed E-state index contributed by atoms with van der Waals surface area (Å²) in [6.45, 7) is 1.85. The molecule has 0 bridgehead atoms. The molecule has 1 aliphatic rings. The average Bonchev–Trinajstić information content (AvgIpc) is 2.93. The average molecular weight is 353 g/mol. The summed E-state index contributed by atoms with van der Waals surface area (Å²) in [5, 5.41) is 8.88. The van der Waals surface area contributed by atoms with Crippen molar-refractivity contribution >= 4 is 21.9 Å². The minimum atomic E-state index is -3.89. The third-order valence-electron chi connectivity index (χ3n) is 4.65. The smallest absolute Gasteiger partial charge is 0.303 e. The van der Waals surface area contributed by atoms with Crippen molar-refractivity contribution in [3.63, 3.8) is 0 Å². The first-order valence-corrected chi connectivity index (χ1v) is 9.55. The van der Waals surface area contributed by atoms with Crippen LogP contribution in [0.25, 0.3) is 0 Å². The van der Waals surface area contributed by atoms with Gasteiger partial charge in [0.1, 0.15) is 0 Å². The van der Waals surface area contributed by atoms with Gasteiger partial charge in [-0.15, -0.1) is 0 Å². The van der Waals surface area contributed by atoms with Crippen molar-refractivity contribution in [1.82, 2.24) is 4.72 Å². The molecule has 0 spiro atoms. The molecular formula is C17H23NO5S. The molecule has 7 heteroatoms. The molecule has 6 nitrogen and oxygen atoms in total. The van der Waals surface area contributed by atoms with Crippen LogP contribution in [0.3, 0.4) is 0 Å². The molecule has 1 saturated carbocycles. The molecular weight excluding hydrogens is 330 g/mol. The molecule has 1 aliphatic carbocycles. The number of benzene rings is 1. The predicted molar refractivity (Wildman–Crippen MR) is 88.9 cm³/mol. The second-order valence-corrected chi connectivity index (χ2v) is 8.30. The molecule has 0 aromatic heterocycles. The Hall–Kier alpha value is -1.89. The summed E-state index contributed by atoms with van der Waals surface area (Å²) in [5.74, 6) is -1.46. The minimum Gasteiger partial charge on any atom is -0.481 e. The summed E-state index contributed by atoms with van der Waals surface area (Å²) in [5.41, 5.74) is 0.532. The Bertz CT molecular complexity index is 703. The van der Waals surface area contributed by atoms with Crippen LogP contribution in [0.1, 0.15) is 50.5 Å². The van der Waals surface area contributed by atoms with Crippen molar-refractivity contribution in [2.75, 3.05) is 0 Å². The van der Waals surface area contributed by atoms with E-state index < -0.39 is 27.3 Å². The second kappa shape index (κ2) is 7.34. The quantitative estimate of drug-likeness (QED) is 0.785. The van der Waals surface area contributed by atoms with Gasteiger partial charge in [-0.05, 0) is 43.7 Å². The lowest BCUT2D eigenvalue weighted by Crippen LogP contribution is -2.35. The van der Waals surface area contributed by atoms with E-state index in [2.05, 4.69) is 4.72 Å². The van der Waals surface area contributed by atoms with Crippen LogP contribution in [0.4, 0.5) is 0 Å². The molecule has 0 radical (unpaired) electrons. The number of sulfonamides is 1. The van der Waals surface area contributed by atoms with Crippen LogP contribution in [-0.4, -0.2) is 25.4 Å². The van der Waals surface area contributed by atoms with E-state index in [1.54, 1.807) is 12.1 Å². The van der Waals surface area contributed by atoms with Crippen LogP contribution < -0.4 is 4.72 Å². The SMILES string of the molecule is Cc1ccc(S(=O)(=O)NC(=O)CC2(CCC(=O)O)CCCC2)cc1. The highest BCUT2D eigenvalue weighted by molar-refractivity contribution is 7.90. The van der Waals surface area contributed by atoms with Gasteiger partial charge in [0.25, 0.3) is 10.0 Å². The standard InChI is InChI=1S/C17H23NO5S/c1-13-4-6-14(7-5-13)24(22,23)18-15(19)12-17(9-2-3-10-17)11-8-16(20)21/h4-7H,2-3,8-12H2,1H3,(H,18,19)(H,20,21). The topological polar surface area (TPSA) is 101 Å². The number of hydrogen-bond donors (Lipinski definition) is 2. The Morgan fingerprint density at radius 1 is 1.17 bits per heavy atom. The fraction of sp³-hybridized carbons (Fsp3) is 0.529. The monoisotopic (exact) mass is 353 g/mol. The molecule has 132 valence electrons. The summed E-state index contributed by atoms with van der Waals surface area (Å²) in [6.07, 6.45) is 3.86. The summed E-state index contributed by atoms with van der Waals surface area (Å²) in [7, 11) is -3.89. The predicted octanol–water partition coefficient (Wildman–Crippen LogP) is 2.62. The number of aliphatic carboxylic acids is 1. The lowest BCUT2D eigenvalue weighted by atomic mass is 9.78. The van der Waals surface area contributed by atoms with Crippen molar-refractivity contribution in [3.8, 4) is 0 Å². The molecule has 2 N–H and O–H groups in total. The van der Waals surface area contributed by atoms with Gasteiger partial charge in [-0.1, -0.05) is 30.5 Å². The number of carbonyl (C=O) groups is 2. The van der Waals surface area contributed by atoms with E-state index in [-0.39, 0.29) is 17.7 Å². The molecule has 1 aromatic carbocycles. The third-order valence-corrected chi connectivity index (χ3v) is 6.04. The van der Waals surface area contributed by atoms with Gasteiger partial charge in [-0.25, -0.2) is 13.1 Å². The Labute approximate surface area is 142 Å². The summed E-state index contributed by atoms with van der Waals surface area (Å²) in [4.78, 5) is 23.1. The highest BCUT2D eigenvalue weighted by atomic mass is 32.2. The van der Waals surface area contributed by atoms with Crippen LogP contribution in [0.5, 0.6) is 0 Å². The number of nitrogens with one attached hydrogen (secondary N) is 1. The van der Waals surface area contributed by atoms with Crippen LogP contribution in [0.15, 0.2) is 29.2 Å². The number of carboxylic acid groups (broad SMARTS) is 1. The Morgan fingerprint density at radius 3 is 2.29 bits per heavy atom. The van der Waals surface area contributed by atoms with E-state index >= 15 is 0 Å². The van der Waals surface area contributed by atoms with Gasteiger partial charge in [0.05, 0.1) is 4.90 Å². The summed E-state index contributed by atoms with van der Waals surface area (Å²) in [6, 6.07) is 6.26. The lowest BCUT2D eigenvalue weighted by molar-refractivity contribution is -0.138. The number of amides is 1. The number of rotatable bonds is 7. The van der Waals surface area contributed by atoms with E-state index in [9.17, 15) is 18.0 Å². The van der Waals surface area contributed by atoms with Gasteiger partial charge < -0.3 is 5.11 Å². The molecule has 0 heterocycles. The zero-order valence-corrected chi connectivity index (χ0v) is 14.6. The van der Waals surface area contributed by atoms with Gasteiger partial charge in [0.2, 0.25) is 5.91 Å². The molecule has 24 heavy (non-hydrogen) atoms. The van der Waals surface area contributed by atoms with Crippen molar-refractivity contribution in [2.45, 2.75) is 56.8 Å². The van der Waals surface area contributed by atoms with Crippen molar-refractivity contribution in [2.24, 2.45) is 5.41 Å². The maximum Gasteiger partial charge on any atom is 0.303 e. The first kappa shape index (κ1) is 18.4.